The minimum absolute atomic E-state index is 0.0710. The van der Waals surface area contributed by atoms with Crippen LogP contribution in [0, 0.1) is 11.3 Å². The number of furan rings is 1. The van der Waals surface area contributed by atoms with Gasteiger partial charge in [0.1, 0.15) is 34.4 Å². The summed E-state index contributed by atoms with van der Waals surface area (Å²) in [6.07, 6.45) is 4.16. The van der Waals surface area contributed by atoms with Crippen molar-refractivity contribution in [2.75, 3.05) is 0 Å². The molecule has 4 rings (SSSR count). The van der Waals surface area contributed by atoms with Crippen molar-refractivity contribution in [3.63, 3.8) is 0 Å². The molecule has 0 spiro atoms. The van der Waals surface area contributed by atoms with Crippen molar-refractivity contribution in [3.05, 3.63) is 99.3 Å². The van der Waals surface area contributed by atoms with E-state index < -0.39 is 11.5 Å². The Balaban J connectivity index is 1.77. The van der Waals surface area contributed by atoms with Crippen LogP contribution < -0.4 is 15.6 Å². The average molecular weight is 447 g/mol. The molecule has 0 unspecified atom stereocenters. The Hall–Kier alpha value is -4.35. The maximum Gasteiger partial charge on any atom is 0.269 e. The Morgan fingerprint density at radius 2 is 2.03 bits per heavy atom. The number of fused-ring (bicyclic) bond motifs is 1. The lowest BCUT2D eigenvalue weighted by Crippen LogP contribution is -2.24. The molecule has 1 aromatic carbocycles. The number of halogens is 1. The maximum atomic E-state index is 13.2. The fourth-order valence-corrected chi connectivity index (χ4v) is 3.06. The standard InChI is InChI=1S/C23H15ClN4O4/c24-18-7-1-2-8-19(18)32-22-17(23(30)28-10-4-3-9-20(28)27-22)12-15(13-25)21(29)26-14-16-6-5-11-31-16/h1-12H,14H2,(H,26,29). The van der Waals surface area contributed by atoms with Crippen molar-refractivity contribution in [2.45, 2.75) is 6.54 Å². The highest BCUT2D eigenvalue weighted by molar-refractivity contribution is 6.32. The van der Waals surface area contributed by atoms with Gasteiger partial charge in [-0.2, -0.15) is 10.2 Å². The van der Waals surface area contributed by atoms with Crippen molar-refractivity contribution < 1.29 is 13.9 Å². The van der Waals surface area contributed by atoms with Gasteiger partial charge < -0.3 is 14.5 Å². The maximum absolute atomic E-state index is 13.2. The third kappa shape index (κ3) is 4.38. The Kier molecular flexibility index (Phi) is 6.01. The first kappa shape index (κ1) is 20.9. The van der Waals surface area contributed by atoms with Gasteiger partial charge in [0.05, 0.1) is 17.8 Å². The van der Waals surface area contributed by atoms with Gasteiger partial charge in [-0.1, -0.05) is 29.8 Å². The number of carbonyl (C=O) groups is 1. The van der Waals surface area contributed by atoms with Gasteiger partial charge in [0.25, 0.3) is 11.5 Å². The Morgan fingerprint density at radius 1 is 1.22 bits per heavy atom. The second kappa shape index (κ2) is 9.20. The number of para-hydroxylation sites is 1. The minimum atomic E-state index is -0.676. The van der Waals surface area contributed by atoms with Crippen LogP contribution in [0.1, 0.15) is 11.3 Å². The van der Waals surface area contributed by atoms with Gasteiger partial charge in [-0.25, -0.2) is 0 Å². The van der Waals surface area contributed by atoms with Gasteiger partial charge in [0, 0.05) is 6.20 Å². The second-order valence-electron chi connectivity index (χ2n) is 6.53. The van der Waals surface area contributed by atoms with E-state index in [9.17, 15) is 14.9 Å². The molecule has 4 aromatic rings. The Labute approximate surface area is 187 Å². The van der Waals surface area contributed by atoms with E-state index in [0.717, 1.165) is 6.08 Å². The lowest BCUT2D eigenvalue weighted by Gasteiger charge is -2.11. The van der Waals surface area contributed by atoms with E-state index in [-0.39, 0.29) is 29.3 Å². The van der Waals surface area contributed by atoms with Gasteiger partial charge in [-0.3, -0.25) is 14.0 Å². The molecule has 0 fully saturated rings. The lowest BCUT2D eigenvalue weighted by molar-refractivity contribution is -0.117. The number of amides is 1. The van der Waals surface area contributed by atoms with Crippen molar-refractivity contribution in [2.24, 2.45) is 0 Å². The largest absolute Gasteiger partial charge is 0.467 e. The molecule has 0 saturated carbocycles. The molecule has 8 nitrogen and oxygen atoms in total. The zero-order valence-electron chi connectivity index (χ0n) is 16.5. The minimum Gasteiger partial charge on any atom is -0.467 e. The number of ether oxygens (including phenoxy) is 1. The van der Waals surface area contributed by atoms with Crippen LogP contribution in [0.3, 0.4) is 0 Å². The molecule has 0 aliphatic carbocycles. The summed E-state index contributed by atoms with van der Waals surface area (Å²) in [6, 6.07) is 16.9. The summed E-state index contributed by atoms with van der Waals surface area (Å²) in [5.41, 5.74) is -0.546. The van der Waals surface area contributed by atoms with Crippen LogP contribution >= 0.6 is 11.6 Å². The third-order valence-electron chi connectivity index (χ3n) is 4.43. The quantitative estimate of drug-likeness (QED) is 0.354. The van der Waals surface area contributed by atoms with Gasteiger partial charge in [0.15, 0.2) is 0 Å². The number of rotatable bonds is 6. The average Bonchev–Trinajstić information content (AvgIpc) is 3.33. The molecule has 0 aliphatic heterocycles. The van der Waals surface area contributed by atoms with Gasteiger partial charge in [0.2, 0.25) is 5.88 Å². The zero-order chi connectivity index (χ0) is 22.5. The highest BCUT2D eigenvalue weighted by atomic mass is 35.5. The lowest BCUT2D eigenvalue weighted by atomic mass is 10.1. The summed E-state index contributed by atoms with van der Waals surface area (Å²) in [6.45, 7) is 0.0861. The first-order valence-corrected chi connectivity index (χ1v) is 9.81. The molecule has 158 valence electrons. The summed E-state index contributed by atoms with van der Waals surface area (Å²) in [5.74, 6) is 0.0358. The summed E-state index contributed by atoms with van der Waals surface area (Å²) < 4.78 is 12.3. The van der Waals surface area contributed by atoms with Crippen LogP contribution in [0.2, 0.25) is 5.02 Å². The Morgan fingerprint density at radius 3 is 2.78 bits per heavy atom. The number of hydrogen-bond acceptors (Lipinski definition) is 6. The van der Waals surface area contributed by atoms with Crippen LogP contribution in [-0.2, 0) is 11.3 Å². The summed E-state index contributed by atoms with van der Waals surface area (Å²) in [7, 11) is 0. The summed E-state index contributed by atoms with van der Waals surface area (Å²) in [4.78, 5) is 30.1. The topological polar surface area (TPSA) is 110 Å². The van der Waals surface area contributed by atoms with Crippen LogP contribution in [0.15, 0.2) is 81.8 Å². The predicted molar refractivity (Wildman–Crippen MR) is 117 cm³/mol. The fraction of sp³-hybridized carbons (Fsp3) is 0.0435. The van der Waals surface area contributed by atoms with Crippen molar-refractivity contribution in [1.82, 2.24) is 14.7 Å². The van der Waals surface area contributed by atoms with Crippen molar-refractivity contribution in [1.29, 1.82) is 5.26 Å². The number of nitrogens with zero attached hydrogens (tertiary/aromatic N) is 3. The molecule has 1 N–H and O–H groups in total. The third-order valence-corrected chi connectivity index (χ3v) is 4.75. The molecular formula is C23H15ClN4O4. The number of hydrogen-bond donors (Lipinski definition) is 1. The molecule has 1 amide bonds. The molecule has 0 saturated heterocycles. The van der Waals surface area contributed by atoms with Gasteiger partial charge >= 0.3 is 0 Å². The van der Waals surface area contributed by atoms with Crippen LogP contribution in [0.5, 0.6) is 11.6 Å². The van der Waals surface area contributed by atoms with Crippen molar-refractivity contribution >= 4 is 29.2 Å². The number of benzene rings is 1. The predicted octanol–water partition coefficient (Wildman–Crippen LogP) is 3.96. The van der Waals surface area contributed by atoms with Crippen LogP contribution in [0.25, 0.3) is 11.7 Å². The second-order valence-corrected chi connectivity index (χ2v) is 6.94. The molecule has 32 heavy (non-hydrogen) atoms. The number of carbonyl (C=O) groups excluding carboxylic acids is 1. The molecule has 3 heterocycles. The highest BCUT2D eigenvalue weighted by Crippen LogP contribution is 2.29. The molecule has 0 radical (unpaired) electrons. The SMILES string of the molecule is N#CC(=Cc1c(Oc2ccccc2Cl)nc2ccccn2c1=O)C(=O)NCc1ccco1. The number of nitriles is 1. The first-order valence-electron chi connectivity index (χ1n) is 9.43. The van der Waals surface area contributed by atoms with E-state index in [1.54, 1.807) is 54.6 Å². The smallest absolute Gasteiger partial charge is 0.269 e. The number of pyridine rings is 1. The first-order chi connectivity index (χ1) is 15.6. The van der Waals surface area contributed by atoms with E-state index in [4.69, 9.17) is 20.8 Å². The van der Waals surface area contributed by atoms with E-state index in [0.29, 0.717) is 16.4 Å². The van der Waals surface area contributed by atoms with E-state index in [1.165, 1.54) is 16.9 Å². The molecule has 0 atom stereocenters. The molecule has 3 aromatic heterocycles. The zero-order valence-corrected chi connectivity index (χ0v) is 17.2. The summed E-state index contributed by atoms with van der Waals surface area (Å²) >= 11 is 6.18. The van der Waals surface area contributed by atoms with E-state index >= 15 is 0 Å². The molecular weight excluding hydrogens is 432 g/mol. The van der Waals surface area contributed by atoms with Crippen molar-refractivity contribution in [3.8, 4) is 17.7 Å². The number of aromatic nitrogens is 2. The monoisotopic (exact) mass is 446 g/mol. The highest BCUT2D eigenvalue weighted by Gasteiger charge is 2.18. The van der Waals surface area contributed by atoms with Gasteiger partial charge in [-0.05, 0) is 42.5 Å². The normalized spacial score (nSPS) is 11.2. The Bertz CT molecular complexity index is 1420. The van der Waals surface area contributed by atoms with Gasteiger partial charge in [-0.15, -0.1) is 0 Å². The van der Waals surface area contributed by atoms with E-state index in [2.05, 4.69) is 10.3 Å². The number of nitrogens with one attached hydrogen (secondary N) is 1. The summed E-state index contributed by atoms with van der Waals surface area (Å²) in [5, 5.41) is 12.4. The molecule has 9 heteroatoms. The van der Waals surface area contributed by atoms with E-state index in [1.807, 2.05) is 6.07 Å². The van der Waals surface area contributed by atoms with Crippen LogP contribution in [-0.4, -0.2) is 15.3 Å². The molecule has 0 bridgehead atoms. The van der Waals surface area contributed by atoms with Crippen LogP contribution in [0.4, 0.5) is 0 Å². The fourth-order valence-electron chi connectivity index (χ4n) is 2.88. The molecule has 0 aliphatic rings.